The van der Waals surface area contributed by atoms with Gasteiger partial charge in [-0.15, -0.1) is 0 Å². The summed E-state index contributed by atoms with van der Waals surface area (Å²) in [4.78, 5) is 24.6. The highest BCUT2D eigenvalue weighted by Crippen LogP contribution is 2.30. The molecule has 0 saturated carbocycles. The molecule has 4 rings (SSSR count). The van der Waals surface area contributed by atoms with Gasteiger partial charge in [0.25, 0.3) is 5.91 Å². The predicted molar refractivity (Wildman–Crippen MR) is 126 cm³/mol. The van der Waals surface area contributed by atoms with E-state index in [9.17, 15) is 14.9 Å². The molecule has 1 N–H and O–H groups in total. The lowest BCUT2D eigenvalue weighted by molar-refractivity contribution is -0.112. The van der Waals surface area contributed by atoms with Gasteiger partial charge in [0.05, 0.1) is 12.2 Å². The van der Waals surface area contributed by atoms with Crippen LogP contribution in [0.15, 0.2) is 84.4 Å². The van der Waals surface area contributed by atoms with Crippen molar-refractivity contribution in [3.8, 4) is 6.07 Å². The van der Waals surface area contributed by atoms with Gasteiger partial charge in [0, 0.05) is 5.69 Å². The Kier molecular flexibility index (Phi) is 5.96. The van der Waals surface area contributed by atoms with Crippen LogP contribution in [0.5, 0.6) is 0 Å². The zero-order valence-electron chi connectivity index (χ0n) is 17.5. The van der Waals surface area contributed by atoms with E-state index in [-0.39, 0.29) is 12.2 Å². The van der Waals surface area contributed by atoms with Crippen molar-refractivity contribution in [3.05, 3.63) is 95.6 Å². The van der Waals surface area contributed by atoms with E-state index in [0.717, 1.165) is 27.1 Å². The molecule has 32 heavy (non-hydrogen) atoms. The van der Waals surface area contributed by atoms with Crippen molar-refractivity contribution in [1.29, 1.82) is 5.26 Å². The number of esters is 1. The number of anilines is 1. The fourth-order valence-corrected chi connectivity index (χ4v) is 3.60. The second kappa shape index (κ2) is 9.15. The Morgan fingerprint density at radius 2 is 1.53 bits per heavy atom. The summed E-state index contributed by atoms with van der Waals surface area (Å²) < 4.78 is 4.96. The summed E-state index contributed by atoms with van der Waals surface area (Å²) in [5, 5.41) is 16.4. The minimum absolute atomic E-state index is 0.0130. The van der Waals surface area contributed by atoms with E-state index in [1.54, 1.807) is 37.3 Å². The highest BCUT2D eigenvalue weighted by Gasteiger charge is 2.13. The molecule has 0 radical (unpaired) electrons. The van der Waals surface area contributed by atoms with Gasteiger partial charge in [-0.05, 0) is 70.4 Å². The van der Waals surface area contributed by atoms with Gasteiger partial charge in [0.2, 0.25) is 0 Å². The molecule has 0 atom stereocenters. The van der Waals surface area contributed by atoms with Crippen molar-refractivity contribution in [2.75, 3.05) is 11.9 Å². The SMILES string of the molecule is CCOC(=O)c1ccc(NC(=O)/C(C#N)=C/c2c3ccccc3cc3ccccc23)cc1. The van der Waals surface area contributed by atoms with E-state index in [1.807, 2.05) is 54.6 Å². The van der Waals surface area contributed by atoms with Crippen LogP contribution in [0, 0.1) is 11.3 Å². The van der Waals surface area contributed by atoms with Gasteiger partial charge in [-0.3, -0.25) is 4.79 Å². The molecular weight excluding hydrogens is 400 g/mol. The first-order chi connectivity index (χ1) is 15.6. The molecule has 0 aliphatic rings. The van der Waals surface area contributed by atoms with Crippen molar-refractivity contribution >= 4 is 45.2 Å². The van der Waals surface area contributed by atoms with Gasteiger partial charge in [-0.1, -0.05) is 48.5 Å². The van der Waals surface area contributed by atoms with Crippen LogP contribution >= 0.6 is 0 Å². The van der Waals surface area contributed by atoms with Gasteiger partial charge >= 0.3 is 5.97 Å². The zero-order valence-corrected chi connectivity index (χ0v) is 17.5. The number of amides is 1. The molecule has 0 aliphatic carbocycles. The van der Waals surface area contributed by atoms with Crippen molar-refractivity contribution < 1.29 is 14.3 Å². The van der Waals surface area contributed by atoms with E-state index >= 15 is 0 Å². The van der Waals surface area contributed by atoms with E-state index in [2.05, 4.69) is 11.4 Å². The number of hydrogen-bond acceptors (Lipinski definition) is 4. The molecule has 0 unspecified atom stereocenters. The fraction of sp³-hybridized carbons (Fsp3) is 0.0741. The number of fused-ring (bicyclic) bond motifs is 2. The average molecular weight is 420 g/mol. The van der Waals surface area contributed by atoms with E-state index < -0.39 is 11.9 Å². The summed E-state index contributed by atoms with van der Waals surface area (Å²) in [6.45, 7) is 2.03. The number of nitriles is 1. The number of nitrogens with one attached hydrogen (secondary N) is 1. The van der Waals surface area contributed by atoms with Crippen molar-refractivity contribution in [2.24, 2.45) is 0 Å². The summed E-state index contributed by atoms with van der Waals surface area (Å²) >= 11 is 0. The zero-order chi connectivity index (χ0) is 22.5. The standard InChI is InChI=1S/C27H20N2O3/c1-2-32-27(31)18-11-13-22(14-12-18)29-26(30)21(17-28)16-25-23-9-5-3-7-19(23)15-20-8-4-6-10-24(20)25/h3-16H,2H2,1H3,(H,29,30)/b21-16+. The van der Waals surface area contributed by atoms with E-state index in [1.165, 1.54) is 0 Å². The molecular formula is C27H20N2O3. The maximum atomic E-state index is 12.8. The molecule has 0 aromatic heterocycles. The normalized spacial score (nSPS) is 11.2. The van der Waals surface area contributed by atoms with Crippen molar-refractivity contribution in [1.82, 2.24) is 0 Å². The van der Waals surface area contributed by atoms with Crippen molar-refractivity contribution in [2.45, 2.75) is 6.92 Å². The highest BCUT2D eigenvalue weighted by molar-refractivity contribution is 6.14. The number of hydrogen-bond donors (Lipinski definition) is 1. The number of carbonyl (C=O) groups excluding carboxylic acids is 2. The monoisotopic (exact) mass is 420 g/mol. The lowest BCUT2D eigenvalue weighted by atomic mass is 9.95. The first-order valence-corrected chi connectivity index (χ1v) is 10.2. The van der Waals surface area contributed by atoms with Crippen LogP contribution in [0.4, 0.5) is 5.69 Å². The van der Waals surface area contributed by atoms with Gasteiger partial charge in [0.15, 0.2) is 0 Å². The number of benzene rings is 4. The first kappa shape index (κ1) is 20.8. The fourth-order valence-electron chi connectivity index (χ4n) is 3.60. The Morgan fingerprint density at radius 1 is 0.938 bits per heavy atom. The predicted octanol–water partition coefficient (Wildman–Crippen LogP) is 5.72. The smallest absolute Gasteiger partial charge is 0.338 e. The molecule has 0 saturated heterocycles. The van der Waals surface area contributed by atoms with E-state index in [4.69, 9.17) is 4.74 Å². The minimum atomic E-state index is -0.520. The Hall–Kier alpha value is -4.43. The Labute approximate surface area is 185 Å². The van der Waals surface area contributed by atoms with Crippen LogP contribution in [0.25, 0.3) is 27.6 Å². The van der Waals surface area contributed by atoms with Gasteiger partial charge in [-0.25, -0.2) is 4.79 Å². The topological polar surface area (TPSA) is 79.2 Å². The average Bonchev–Trinajstić information content (AvgIpc) is 2.82. The molecule has 0 spiro atoms. The summed E-state index contributed by atoms with van der Waals surface area (Å²) in [6, 6.07) is 26.2. The Bertz CT molecular complexity index is 1340. The maximum absolute atomic E-state index is 12.8. The quantitative estimate of drug-likeness (QED) is 0.194. The second-order valence-electron chi connectivity index (χ2n) is 7.15. The summed E-state index contributed by atoms with van der Waals surface area (Å²) in [6.07, 6.45) is 1.63. The molecule has 1 amide bonds. The number of carbonyl (C=O) groups is 2. The van der Waals surface area contributed by atoms with Gasteiger partial charge < -0.3 is 10.1 Å². The minimum Gasteiger partial charge on any atom is -0.462 e. The summed E-state index contributed by atoms with van der Waals surface area (Å²) in [7, 11) is 0. The summed E-state index contributed by atoms with van der Waals surface area (Å²) in [5.74, 6) is -0.945. The van der Waals surface area contributed by atoms with Crippen LogP contribution in [0.3, 0.4) is 0 Å². The summed E-state index contributed by atoms with van der Waals surface area (Å²) in [5.41, 5.74) is 1.68. The van der Waals surface area contributed by atoms with Crippen LogP contribution in [-0.4, -0.2) is 18.5 Å². The lowest BCUT2D eigenvalue weighted by Gasteiger charge is -2.10. The number of nitrogens with zero attached hydrogens (tertiary/aromatic N) is 1. The highest BCUT2D eigenvalue weighted by atomic mass is 16.5. The van der Waals surface area contributed by atoms with Crippen LogP contribution in [-0.2, 0) is 9.53 Å². The van der Waals surface area contributed by atoms with Crippen LogP contribution in [0.2, 0.25) is 0 Å². The van der Waals surface area contributed by atoms with Crippen LogP contribution in [0.1, 0.15) is 22.8 Å². The van der Waals surface area contributed by atoms with E-state index in [0.29, 0.717) is 11.3 Å². The van der Waals surface area contributed by atoms with Gasteiger partial charge in [0.1, 0.15) is 11.6 Å². The lowest BCUT2D eigenvalue weighted by Crippen LogP contribution is -2.13. The Balaban J connectivity index is 1.69. The third-order valence-corrected chi connectivity index (χ3v) is 5.12. The molecule has 0 heterocycles. The largest absolute Gasteiger partial charge is 0.462 e. The molecule has 5 nitrogen and oxygen atoms in total. The Morgan fingerprint density at radius 3 is 2.09 bits per heavy atom. The molecule has 4 aromatic carbocycles. The molecule has 0 aliphatic heterocycles. The first-order valence-electron chi connectivity index (χ1n) is 10.2. The molecule has 0 fully saturated rings. The number of ether oxygens (including phenoxy) is 1. The van der Waals surface area contributed by atoms with Crippen molar-refractivity contribution in [3.63, 3.8) is 0 Å². The second-order valence-corrected chi connectivity index (χ2v) is 7.15. The molecule has 0 bridgehead atoms. The molecule has 156 valence electrons. The third-order valence-electron chi connectivity index (χ3n) is 5.12. The maximum Gasteiger partial charge on any atom is 0.338 e. The molecule has 5 heteroatoms. The molecule has 4 aromatic rings. The number of rotatable bonds is 5. The van der Waals surface area contributed by atoms with Gasteiger partial charge in [-0.2, -0.15) is 5.26 Å². The third kappa shape index (κ3) is 4.21. The van der Waals surface area contributed by atoms with Crippen LogP contribution < -0.4 is 5.32 Å².